The van der Waals surface area contributed by atoms with Crippen molar-refractivity contribution in [1.29, 1.82) is 0 Å². The minimum absolute atomic E-state index is 0.255. The maximum absolute atomic E-state index is 13.5. The minimum atomic E-state index is -0.481. The van der Waals surface area contributed by atoms with E-state index in [-0.39, 0.29) is 17.8 Å². The molecule has 1 aromatic carbocycles. The summed E-state index contributed by atoms with van der Waals surface area (Å²) in [6, 6.07) is 9.39. The van der Waals surface area contributed by atoms with Crippen molar-refractivity contribution in [2.45, 2.75) is 24.5 Å². The summed E-state index contributed by atoms with van der Waals surface area (Å²) in [5.74, 6) is 0.755. The highest BCUT2D eigenvalue weighted by molar-refractivity contribution is 8.13. The second kappa shape index (κ2) is 5.86. The summed E-state index contributed by atoms with van der Waals surface area (Å²) in [6.07, 6.45) is 3.78. The predicted octanol–water partition coefficient (Wildman–Crippen LogP) is 2.92. The van der Waals surface area contributed by atoms with Gasteiger partial charge >= 0.3 is 0 Å². The first-order valence-electron chi connectivity index (χ1n) is 7.94. The second-order valence-corrected chi connectivity index (χ2v) is 7.49. The van der Waals surface area contributed by atoms with Gasteiger partial charge in [-0.3, -0.25) is 9.98 Å². The maximum atomic E-state index is 13.5. The number of aliphatic hydroxyl groups is 1. The fourth-order valence-electron chi connectivity index (χ4n) is 3.85. The first-order valence-corrected chi connectivity index (χ1v) is 8.93. The summed E-state index contributed by atoms with van der Waals surface area (Å²) in [5, 5.41) is 10.8. The highest BCUT2D eigenvalue weighted by Gasteiger charge is 2.50. The molecule has 124 valence electrons. The summed E-state index contributed by atoms with van der Waals surface area (Å²) in [6.45, 7) is 0. The fourth-order valence-corrected chi connectivity index (χ4v) is 4.86. The van der Waals surface area contributed by atoms with Gasteiger partial charge in [-0.05, 0) is 29.7 Å². The monoisotopic (exact) mass is 343 g/mol. The Kier molecular flexibility index (Phi) is 3.81. The van der Waals surface area contributed by atoms with Crippen molar-refractivity contribution < 1.29 is 9.50 Å². The molecule has 2 aliphatic rings. The Morgan fingerprint density at radius 2 is 2.12 bits per heavy atom. The SMILES string of the molecule is NC1=N[C@@]2(c3cccc(-c4cncc(F)c4)c3)C[C@H](O)C[C@H]2CS1. The van der Waals surface area contributed by atoms with Crippen LogP contribution in [0.25, 0.3) is 11.1 Å². The van der Waals surface area contributed by atoms with E-state index in [0.717, 1.165) is 28.9 Å². The lowest BCUT2D eigenvalue weighted by Gasteiger charge is -2.35. The van der Waals surface area contributed by atoms with Gasteiger partial charge in [-0.15, -0.1) is 0 Å². The first kappa shape index (κ1) is 15.6. The number of nitrogens with two attached hydrogens (primary N) is 1. The molecule has 0 amide bonds. The predicted molar refractivity (Wildman–Crippen MR) is 94.1 cm³/mol. The highest BCUT2D eigenvalue weighted by atomic mass is 32.2. The zero-order valence-corrected chi connectivity index (χ0v) is 13.8. The van der Waals surface area contributed by atoms with Crippen molar-refractivity contribution in [3.63, 3.8) is 0 Å². The molecule has 1 fully saturated rings. The molecule has 0 spiro atoms. The summed E-state index contributed by atoms with van der Waals surface area (Å²) < 4.78 is 13.5. The van der Waals surface area contributed by atoms with Crippen molar-refractivity contribution in [3.05, 3.63) is 54.1 Å². The van der Waals surface area contributed by atoms with Gasteiger partial charge in [0.05, 0.1) is 17.8 Å². The van der Waals surface area contributed by atoms with Crippen LogP contribution >= 0.6 is 11.8 Å². The van der Waals surface area contributed by atoms with E-state index in [1.807, 2.05) is 24.3 Å². The third-order valence-electron chi connectivity index (χ3n) is 4.92. The zero-order valence-electron chi connectivity index (χ0n) is 13.0. The Morgan fingerprint density at radius 3 is 2.96 bits per heavy atom. The number of rotatable bonds is 2. The standard InChI is InChI=1S/C18H18FN3OS/c19-15-5-12(8-21-9-15)11-2-1-3-13(4-11)18-7-16(23)6-14(18)10-24-17(20)22-18/h1-5,8-9,14,16,23H,6-7,10H2,(H2,20,22)/t14-,16+,18+/m0/s1. The van der Waals surface area contributed by atoms with Crippen LogP contribution in [0.4, 0.5) is 4.39 Å². The number of thioether (sulfide) groups is 1. The first-order chi connectivity index (χ1) is 11.6. The van der Waals surface area contributed by atoms with E-state index < -0.39 is 5.54 Å². The molecule has 1 aliphatic carbocycles. The average Bonchev–Trinajstić information content (AvgIpc) is 2.91. The Labute approximate surface area is 144 Å². The van der Waals surface area contributed by atoms with Gasteiger partial charge in [-0.25, -0.2) is 4.39 Å². The van der Waals surface area contributed by atoms with Gasteiger partial charge in [-0.2, -0.15) is 0 Å². The number of fused-ring (bicyclic) bond motifs is 1. The molecule has 0 unspecified atom stereocenters. The molecule has 24 heavy (non-hydrogen) atoms. The summed E-state index contributed by atoms with van der Waals surface area (Å²) in [5.41, 5.74) is 8.16. The lowest BCUT2D eigenvalue weighted by molar-refractivity contribution is 0.173. The van der Waals surface area contributed by atoms with Crippen molar-refractivity contribution in [3.8, 4) is 11.1 Å². The van der Waals surface area contributed by atoms with Crippen LogP contribution in [-0.4, -0.2) is 27.1 Å². The third-order valence-corrected chi connectivity index (χ3v) is 5.88. The number of nitrogens with zero attached hydrogens (tertiary/aromatic N) is 2. The number of halogens is 1. The van der Waals surface area contributed by atoms with Crippen molar-refractivity contribution in [2.75, 3.05) is 5.75 Å². The van der Waals surface area contributed by atoms with E-state index in [0.29, 0.717) is 11.6 Å². The highest BCUT2D eigenvalue weighted by Crippen LogP contribution is 2.51. The van der Waals surface area contributed by atoms with Crippen LogP contribution in [0.5, 0.6) is 0 Å². The van der Waals surface area contributed by atoms with Crippen LogP contribution in [0, 0.1) is 11.7 Å². The number of aliphatic hydroxyl groups excluding tert-OH is 1. The molecule has 6 heteroatoms. The van der Waals surface area contributed by atoms with E-state index in [9.17, 15) is 9.50 Å². The molecule has 3 atom stereocenters. The molecule has 3 N–H and O–H groups in total. The van der Waals surface area contributed by atoms with Crippen molar-refractivity contribution >= 4 is 16.9 Å². The molecule has 0 radical (unpaired) electrons. The van der Waals surface area contributed by atoms with E-state index in [1.165, 1.54) is 12.3 Å². The van der Waals surface area contributed by atoms with Crippen LogP contribution in [0.1, 0.15) is 18.4 Å². The van der Waals surface area contributed by atoms with Crippen LogP contribution in [-0.2, 0) is 5.54 Å². The van der Waals surface area contributed by atoms with Gasteiger partial charge in [0.2, 0.25) is 0 Å². The van der Waals surface area contributed by atoms with Gasteiger partial charge < -0.3 is 10.8 Å². The Balaban J connectivity index is 1.81. The molecule has 0 saturated heterocycles. The van der Waals surface area contributed by atoms with E-state index >= 15 is 0 Å². The summed E-state index contributed by atoms with van der Waals surface area (Å²) in [7, 11) is 0. The molecular formula is C18H18FN3OS. The number of amidine groups is 1. The van der Waals surface area contributed by atoms with Crippen molar-refractivity contribution in [2.24, 2.45) is 16.6 Å². The molecule has 1 aliphatic heterocycles. The number of aliphatic imine (C=N–C) groups is 1. The van der Waals surface area contributed by atoms with E-state index in [1.54, 1.807) is 18.0 Å². The van der Waals surface area contributed by atoms with Crippen LogP contribution in [0.3, 0.4) is 0 Å². The normalized spacial score (nSPS) is 29.2. The van der Waals surface area contributed by atoms with Crippen LogP contribution in [0.2, 0.25) is 0 Å². The van der Waals surface area contributed by atoms with Gasteiger partial charge in [0.15, 0.2) is 5.17 Å². The zero-order chi connectivity index (χ0) is 16.7. The molecule has 2 heterocycles. The number of pyridine rings is 1. The summed E-state index contributed by atoms with van der Waals surface area (Å²) >= 11 is 1.55. The lowest BCUT2D eigenvalue weighted by Crippen LogP contribution is -2.36. The Morgan fingerprint density at radius 1 is 1.25 bits per heavy atom. The lowest BCUT2D eigenvalue weighted by atomic mass is 9.80. The summed E-state index contributed by atoms with van der Waals surface area (Å²) in [4.78, 5) is 8.68. The quantitative estimate of drug-likeness (QED) is 0.879. The van der Waals surface area contributed by atoms with Gasteiger partial charge in [-0.1, -0.05) is 30.0 Å². The van der Waals surface area contributed by atoms with Gasteiger partial charge in [0, 0.05) is 29.9 Å². The average molecular weight is 343 g/mol. The molecule has 1 aromatic heterocycles. The van der Waals surface area contributed by atoms with Crippen LogP contribution < -0.4 is 5.73 Å². The Bertz CT molecular complexity index is 812. The molecule has 2 aromatic rings. The number of aromatic nitrogens is 1. The van der Waals surface area contributed by atoms with E-state index in [2.05, 4.69) is 4.98 Å². The Hall–Kier alpha value is -1.92. The van der Waals surface area contributed by atoms with Gasteiger partial charge in [0.25, 0.3) is 0 Å². The van der Waals surface area contributed by atoms with Gasteiger partial charge in [0.1, 0.15) is 5.82 Å². The third kappa shape index (κ3) is 2.59. The smallest absolute Gasteiger partial charge is 0.154 e. The second-order valence-electron chi connectivity index (χ2n) is 6.45. The molecule has 1 saturated carbocycles. The fraction of sp³-hybridized carbons (Fsp3) is 0.333. The molecule has 4 rings (SSSR count). The topological polar surface area (TPSA) is 71.5 Å². The van der Waals surface area contributed by atoms with E-state index in [4.69, 9.17) is 10.7 Å². The number of hydrogen-bond acceptors (Lipinski definition) is 5. The maximum Gasteiger partial charge on any atom is 0.154 e. The minimum Gasteiger partial charge on any atom is -0.393 e. The molecule has 0 bridgehead atoms. The molecular weight excluding hydrogens is 325 g/mol. The molecule has 4 nitrogen and oxygen atoms in total. The number of hydrogen-bond donors (Lipinski definition) is 2. The largest absolute Gasteiger partial charge is 0.393 e. The van der Waals surface area contributed by atoms with Crippen molar-refractivity contribution in [1.82, 2.24) is 4.98 Å². The van der Waals surface area contributed by atoms with Crippen LogP contribution in [0.15, 0.2) is 47.7 Å². The number of benzene rings is 1.